The van der Waals surface area contributed by atoms with Gasteiger partial charge in [-0.25, -0.2) is 13.4 Å². The van der Waals surface area contributed by atoms with Crippen molar-refractivity contribution in [3.05, 3.63) is 53.9 Å². The number of H-pyrrole nitrogens is 1. The molecule has 4 rings (SSSR count). The molecule has 1 aliphatic heterocycles. The SMILES string of the molecule is Cc1c(-c2cccc(CN3CCCS3(=O)=O)c2)cnc2[nH]ccc12. The molecular formula is C18H19N3O2S. The van der Waals surface area contributed by atoms with Gasteiger partial charge >= 0.3 is 0 Å². The molecule has 0 spiro atoms. The van der Waals surface area contributed by atoms with E-state index in [2.05, 4.69) is 23.0 Å². The minimum Gasteiger partial charge on any atom is -0.346 e. The Kier molecular flexibility index (Phi) is 3.66. The Labute approximate surface area is 141 Å². The van der Waals surface area contributed by atoms with Crippen LogP contribution in [0.5, 0.6) is 0 Å². The second kappa shape index (κ2) is 5.72. The zero-order valence-corrected chi connectivity index (χ0v) is 14.3. The third-order valence-corrected chi connectivity index (χ3v) is 6.56. The van der Waals surface area contributed by atoms with E-state index in [4.69, 9.17) is 0 Å². The Hall–Kier alpha value is -2.18. The monoisotopic (exact) mass is 341 g/mol. The van der Waals surface area contributed by atoms with Gasteiger partial charge in [0.2, 0.25) is 10.0 Å². The molecule has 1 aliphatic rings. The maximum atomic E-state index is 12.0. The number of pyridine rings is 1. The van der Waals surface area contributed by atoms with Crippen molar-refractivity contribution < 1.29 is 8.42 Å². The van der Waals surface area contributed by atoms with E-state index in [0.29, 0.717) is 13.1 Å². The van der Waals surface area contributed by atoms with Crippen molar-refractivity contribution in [2.75, 3.05) is 12.3 Å². The molecule has 0 aliphatic carbocycles. The van der Waals surface area contributed by atoms with Crippen LogP contribution in [-0.2, 0) is 16.6 Å². The van der Waals surface area contributed by atoms with Gasteiger partial charge in [-0.05, 0) is 42.2 Å². The standard InChI is InChI=1S/C18H19N3O2S/c1-13-16-6-7-19-18(16)20-11-17(13)15-5-2-4-14(10-15)12-21-8-3-9-24(21,22)23/h2,4-7,10-11H,3,8-9,12H2,1H3,(H,19,20). The molecule has 1 saturated heterocycles. The molecule has 0 amide bonds. The van der Waals surface area contributed by atoms with Crippen LogP contribution in [0.25, 0.3) is 22.2 Å². The number of fused-ring (bicyclic) bond motifs is 1. The first-order valence-corrected chi connectivity index (χ1v) is 9.65. The molecule has 1 N–H and O–H groups in total. The van der Waals surface area contributed by atoms with Crippen LogP contribution in [0.3, 0.4) is 0 Å². The molecule has 6 heteroatoms. The van der Waals surface area contributed by atoms with E-state index in [1.54, 1.807) is 4.31 Å². The molecule has 0 bridgehead atoms. The predicted molar refractivity (Wildman–Crippen MR) is 95.1 cm³/mol. The highest BCUT2D eigenvalue weighted by Crippen LogP contribution is 2.29. The van der Waals surface area contributed by atoms with Gasteiger partial charge in [-0.1, -0.05) is 18.2 Å². The fourth-order valence-corrected chi connectivity index (χ4v) is 4.85. The number of nitrogens with one attached hydrogen (secondary N) is 1. The van der Waals surface area contributed by atoms with Crippen molar-refractivity contribution in [2.45, 2.75) is 19.9 Å². The van der Waals surface area contributed by atoms with Crippen LogP contribution >= 0.6 is 0 Å². The Bertz CT molecular complexity index is 1010. The van der Waals surface area contributed by atoms with Crippen molar-refractivity contribution in [3.8, 4) is 11.1 Å². The van der Waals surface area contributed by atoms with Gasteiger partial charge in [-0.2, -0.15) is 4.31 Å². The van der Waals surface area contributed by atoms with E-state index >= 15 is 0 Å². The number of hydrogen-bond donors (Lipinski definition) is 1. The molecule has 0 saturated carbocycles. The van der Waals surface area contributed by atoms with Crippen LogP contribution < -0.4 is 0 Å². The normalized spacial score (nSPS) is 17.5. The number of aryl methyl sites for hydroxylation is 1. The third-order valence-electron chi connectivity index (χ3n) is 4.66. The molecular weight excluding hydrogens is 322 g/mol. The summed E-state index contributed by atoms with van der Waals surface area (Å²) in [6, 6.07) is 10.1. The van der Waals surface area contributed by atoms with E-state index in [1.165, 1.54) is 5.56 Å². The summed E-state index contributed by atoms with van der Waals surface area (Å²) in [5.74, 6) is 0.264. The number of aromatic amines is 1. The van der Waals surface area contributed by atoms with Gasteiger partial charge in [0.1, 0.15) is 5.65 Å². The Morgan fingerprint density at radius 2 is 2.17 bits per heavy atom. The van der Waals surface area contributed by atoms with Crippen LogP contribution in [0, 0.1) is 6.92 Å². The van der Waals surface area contributed by atoms with Crippen LogP contribution in [0.2, 0.25) is 0 Å². The molecule has 2 aromatic heterocycles. The molecule has 3 aromatic rings. The molecule has 1 fully saturated rings. The van der Waals surface area contributed by atoms with E-state index in [-0.39, 0.29) is 5.75 Å². The first-order valence-electron chi connectivity index (χ1n) is 8.04. The molecule has 1 aromatic carbocycles. The van der Waals surface area contributed by atoms with Gasteiger partial charge in [-0.3, -0.25) is 0 Å². The Morgan fingerprint density at radius 1 is 1.29 bits per heavy atom. The number of sulfonamides is 1. The topological polar surface area (TPSA) is 66.1 Å². The van der Waals surface area contributed by atoms with Gasteiger partial charge in [0.05, 0.1) is 5.75 Å². The van der Waals surface area contributed by atoms with Gasteiger partial charge in [0.15, 0.2) is 0 Å². The van der Waals surface area contributed by atoms with Crippen molar-refractivity contribution in [1.82, 2.24) is 14.3 Å². The van der Waals surface area contributed by atoms with Crippen LogP contribution in [0.15, 0.2) is 42.7 Å². The second-order valence-corrected chi connectivity index (χ2v) is 8.33. The highest BCUT2D eigenvalue weighted by Gasteiger charge is 2.28. The number of rotatable bonds is 3. The lowest BCUT2D eigenvalue weighted by Gasteiger charge is -2.15. The van der Waals surface area contributed by atoms with Gasteiger partial charge in [0.25, 0.3) is 0 Å². The smallest absolute Gasteiger partial charge is 0.214 e. The van der Waals surface area contributed by atoms with Crippen LogP contribution in [0.4, 0.5) is 0 Å². The summed E-state index contributed by atoms with van der Waals surface area (Å²) in [6.45, 7) is 3.14. The number of hydrogen-bond acceptors (Lipinski definition) is 3. The first kappa shape index (κ1) is 15.4. The second-order valence-electron chi connectivity index (χ2n) is 6.24. The van der Waals surface area contributed by atoms with Crippen LogP contribution in [0.1, 0.15) is 17.5 Å². The van der Waals surface area contributed by atoms with E-state index in [1.807, 2.05) is 36.7 Å². The summed E-state index contributed by atoms with van der Waals surface area (Å²) in [5.41, 5.74) is 5.21. The zero-order valence-electron chi connectivity index (χ0n) is 13.5. The van der Waals surface area contributed by atoms with E-state index < -0.39 is 10.0 Å². The molecule has 124 valence electrons. The summed E-state index contributed by atoms with van der Waals surface area (Å²) in [4.78, 5) is 7.60. The molecule has 5 nitrogen and oxygen atoms in total. The molecule has 0 radical (unpaired) electrons. The van der Waals surface area contributed by atoms with Gasteiger partial charge < -0.3 is 4.98 Å². The van der Waals surface area contributed by atoms with Crippen molar-refractivity contribution in [1.29, 1.82) is 0 Å². The highest BCUT2D eigenvalue weighted by atomic mass is 32.2. The fourth-order valence-electron chi connectivity index (χ4n) is 3.34. The van der Waals surface area contributed by atoms with Crippen molar-refractivity contribution in [3.63, 3.8) is 0 Å². The van der Waals surface area contributed by atoms with Crippen molar-refractivity contribution >= 4 is 21.1 Å². The third kappa shape index (κ3) is 2.61. The number of aromatic nitrogens is 2. The van der Waals surface area contributed by atoms with Crippen LogP contribution in [-0.4, -0.2) is 35.0 Å². The lowest BCUT2D eigenvalue weighted by molar-refractivity contribution is 0.440. The first-order chi connectivity index (χ1) is 11.5. The van der Waals surface area contributed by atoms with Gasteiger partial charge in [0, 0.05) is 36.4 Å². The minimum atomic E-state index is -3.08. The summed E-state index contributed by atoms with van der Waals surface area (Å²) >= 11 is 0. The van der Waals surface area contributed by atoms with E-state index in [9.17, 15) is 8.42 Å². The predicted octanol–water partition coefficient (Wildman–Crippen LogP) is 3.07. The summed E-state index contributed by atoms with van der Waals surface area (Å²) in [5, 5.41) is 1.11. The number of nitrogens with zero attached hydrogens (tertiary/aromatic N) is 2. The maximum absolute atomic E-state index is 12.0. The lowest BCUT2D eigenvalue weighted by Crippen LogP contribution is -2.25. The van der Waals surface area contributed by atoms with Crippen molar-refractivity contribution in [2.24, 2.45) is 0 Å². The summed E-state index contributed by atoms with van der Waals surface area (Å²) in [6.07, 6.45) is 4.48. The minimum absolute atomic E-state index is 0.264. The van der Waals surface area contributed by atoms with E-state index in [0.717, 1.165) is 34.1 Å². The average molecular weight is 341 g/mol. The quantitative estimate of drug-likeness (QED) is 0.796. The molecule has 24 heavy (non-hydrogen) atoms. The molecule has 3 heterocycles. The maximum Gasteiger partial charge on any atom is 0.214 e. The molecule has 0 unspecified atom stereocenters. The summed E-state index contributed by atoms with van der Waals surface area (Å²) < 4.78 is 25.6. The zero-order chi connectivity index (χ0) is 16.7. The number of benzene rings is 1. The molecule has 0 atom stereocenters. The lowest BCUT2D eigenvalue weighted by atomic mass is 9.99. The summed E-state index contributed by atoms with van der Waals surface area (Å²) in [7, 11) is -3.08. The van der Waals surface area contributed by atoms with Gasteiger partial charge in [-0.15, -0.1) is 0 Å². The fraction of sp³-hybridized carbons (Fsp3) is 0.278. The Morgan fingerprint density at radius 3 is 2.96 bits per heavy atom. The largest absolute Gasteiger partial charge is 0.346 e. The Balaban J connectivity index is 1.70. The average Bonchev–Trinajstić information content (AvgIpc) is 3.15. The highest BCUT2D eigenvalue weighted by molar-refractivity contribution is 7.89.